The van der Waals surface area contributed by atoms with Crippen LogP contribution in [-0.4, -0.2) is 67.8 Å². The van der Waals surface area contributed by atoms with Gasteiger partial charge in [0.05, 0.1) is 21.1 Å². The Morgan fingerprint density at radius 1 is 1.09 bits per heavy atom. The third kappa shape index (κ3) is 10.9. The van der Waals surface area contributed by atoms with Gasteiger partial charge in [-0.15, -0.1) is 0 Å². The molecular weight excluding hydrogens is 294 g/mol. The SMILES string of the molecule is CCC(=O)OC(C)OC(=O)OC(CCC(=O)O)C[N+](C)(C)C. The van der Waals surface area contributed by atoms with Gasteiger partial charge < -0.3 is 23.8 Å². The molecule has 0 radical (unpaired) electrons. The number of hydrogen-bond acceptors (Lipinski definition) is 6. The monoisotopic (exact) mass is 320 g/mol. The topological polar surface area (TPSA) is 99.1 Å². The number of carboxylic acid groups (broad SMARTS) is 1. The van der Waals surface area contributed by atoms with E-state index in [0.717, 1.165) is 0 Å². The first kappa shape index (κ1) is 20.2. The number of esters is 1. The maximum absolute atomic E-state index is 11.7. The molecule has 0 aromatic heterocycles. The molecule has 0 aliphatic heterocycles. The van der Waals surface area contributed by atoms with Crippen LogP contribution in [0.5, 0.6) is 0 Å². The summed E-state index contributed by atoms with van der Waals surface area (Å²) in [6.07, 6.45) is -2.39. The van der Waals surface area contributed by atoms with Crippen LogP contribution in [0.3, 0.4) is 0 Å². The van der Waals surface area contributed by atoms with Crippen molar-refractivity contribution >= 4 is 18.1 Å². The first-order chi connectivity index (χ1) is 10.0. The van der Waals surface area contributed by atoms with E-state index in [4.69, 9.17) is 19.3 Å². The van der Waals surface area contributed by atoms with Crippen LogP contribution in [0.2, 0.25) is 0 Å². The van der Waals surface area contributed by atoms with Crippen molar-refractivity contribution in [2.24, 2.45) is 0 Å². The average molecular weight is 320 g/mol. The number of carbonyl (C=O) groups excluding carboxylic acids is 2. The molecule has 0 spiro atoms. The summed E-state index contributed by atoms with van der Waals surface area (Å²) in [7, 11) is 5.69. The molecule has 0 amide bonds. The molecule has 0 saturated heterocycles. The molecule has 0 heterocycles. The minimum Gasteiger partial charge on any atom is -0.481 e. The molecule has 8 nitrogen and oxygen atoms in total. The molecule has 8 heteroatoms. The normalized spacial score (nSPS) is 13.9. The van der Waals surface area contributed by atoms with Crippen molar-refractivity contribution in [1.82, 2.24) is 0 Å². The van der Waals surface area contributed by atoms with E-state index in [0.29, 0.717) is 11.0 Å². The Bertz CT molecular complexity index is 389. The van der Waals surface area contributed by atoms with Gasteiger partial charge in [0.1, 0.15) is 6.54 Å². The third-order valence-corrected chi connectivity index (χ3v) is 2.54. The molecule has 0 rings (SSSR count). The van der Waals surface area contributed by atoms with Gasteiger partial charge in [0.15, 0.2) is 6.10 Å². The van der Waals surface area contributed by atoms with Crippen molar-refractivity contribution in [2.75, 3.05) is 27.7 Å². The van der Waals surface area contributed by atoms with Crippen LogP contribution in [0.1, 0.15) is 33.1 Å². The second-order valence-electron chi connectivity index (χ2n) is 5.92. The van der Waals surface area contributed by atoms with E-state index in [2.05, 4.69) is 0 Å². The van der Waals surface area contributed by atoms with Gasteiger partial charge in [0, 0.05) is 26.2 Å². The van der Waals surface area contributed by atoms with Crippen molar-refractivity contribution in [1.29, 1.82) is 0 Å². The summed E-state index contributed by atoms with van der Waals surface area (Å²) in [4.78, 5) is 33.4. The number of rotatable bonds is 9. The second kappa shape index (κ2) is 9.24. The van der Waals surface area contributed by atoms with Crippen molar-refractivity contribution in [2.45, 2.75) is 45.5 Å². The minimum atomic E-state index is -1.05. The molecule has 2 unspecified atom stereocenters. The van der Waals surface area contributed by atoms with E-state index in [1.165, 1.54) is 6.92 Å². The highest BCUT2D eigenvalue weighted by Crippen LogP contribution is 2.10. The van der Waals surface area contributed by atoms with Gasteiger partial charge in [0.2, 0.25) is 6.29 Å². The lowest BCUT2D eigenvalue weighted by Crippen LogP contribution is -2.43. The van der Waals surface area contributed by atoms with Gasteiger partial charge in [0.25, 0.3) is 0 Å². The predicted molar refractivity (Wildman–Crippen MR) is 77.0 cm³/mol. The van der Waals surface area contributed by atoms with Crippen molar-refractivity contribution in [3.8, 4) is 0 Å². The molecule has 0 aromatic rings. The van der Waals surface area contributed by atoms with Crippen LogP contribution in [0.25, 0.3) is 0 Å². The Labute approximate surface area is 130 Å². The van der Waals surface area contributed by atoms with Gasteiger partial charge in [-0.2, -0.15) is 0 Å². The van der Waals surface area contributed by atoms with Crippen LogP contribution < -0.4 is 0 Å². The van der Waals surface area contributed by atoms with Gasteiger partial charge in [-0.05, 0) is 0 Å². The van der Waals surface area contributed by atoms with Crippen molar-refractivity contribution < 1.29 is 38.2 Å². The van der Waals surface area contributed by atoms with Crippen LogP contribution >= 0.6 is 0 Å². The van der Waals surface area contributed by atoms with Gasteiger partial charge in [-0.3, -0.25) is 9.59 Å². The van der Waals surface area contributed by atoms with Crippen molar-refractivity contribution in [3.63, 3.8) is 0 Å². The molecule has 0 bridgehead atoms. The number of carbonyl (C=O) groups is 3. The van der Waals surface area contributed by atoms with Gasteiger partial charge in [-0.1, -0.05) is 6.92 Å². The summed E-state index contributed by atoms with van der Waals surface area (Å²) >= 11 is 0. The lowest BCUT2D eigenvalue weighted by molar-refractivity contribution is -0.873. The molecule has 1 N–H and O–H groups in total. The number of quaternary nitrogens is 1. The number of aliphatic carboxylic acids is 1. The Kier molecular flexibility index (Phi) is 8.47. The average Bonchev–Trinajstić information content (AvgIpc) is 2.33. The van der Waals surface area contributed by atoms with E-state index in [1.807, 2.05) is 21.1 Å². The van der Waals surface area contributed by atoms with Crippen LogP contribution in [0.15, 0.2) is 0 Å². The smallest absolute Gasteiger partial charge is 0.481 e. The quantitative estimate of drug-likeness (QED) is 0.389. The third-order valence-electron chi connectivity index (χ3n) is 2.54. The zero-order chi connectivity index (χ0) is 17.3. The highest BCUT2D eigenvalue weighted by atomic mass is 16.8. The van der Waals surface area contributed by atoms with Crippen LogP contribution in [0, 0.1) is 0 Å². The van der Waals surface area contributed by atoms with E-state index in [1.54, 1.807) is 6.92 Å². The fourth-order valence-electron chi connectivity index (χ4n) is 1.67. The Balaban J connectivity index is 4.46. The number of carboxylic acids is 1. The first-order valence-corrected chi connectivity index (χ1v) is 7.12. The predicted octanol–water partition coefficient (Wildman–Crippen LogP) is 1.38. The van der Waals surface area contributed by atoms with Crippen LogP contribution in [-0.2, 0) is 23.8 Å². The summed E-state index contributed by atoms with van der Waals surface area (Å²) in [5, 5.41) is 8.73. The molecule has 22 heavy (non-hydrogen) atoms. The zero-order valence-electron chi connectivity index (χ0n) is 13.8. The van der Waals surface area contributed by atoms with E-state index >= 15 is 0 Å². The summed E-state index contributed by atoms with van der Waals surface area (Å²) in [6.45, 7) is 3.46. The number of likely N-dealkylation sites (N-methyl/N-ethyl adjacent to an activating group) is 1. The van der Waals surface area contributed by atoms with Gasteiger partial charge >= 0.3 is 18.1 Å². The highest BCUT2D eigenvalue weighted by molar-refractivity contribution is 5.69. The zero-order valence-corrected chi connectivity index (χ0v) is 13.8. The highest BCUT2D eigenvalue weighted by Gasteiger charge is 2.25. The fraction of sp³-hybridized carbons (Fsp3) is 0.786. The second-order valence-corrected chi connectivity index (χ2v) is 5.92. The number of ether oxygens (including phenoxy) is 3. The van der Waals surface area contributed by atoms with Gasteiger partial charge in [-0.25, -0.2) is 4.79 Å². The molecule has 0 aromatic carbocycles. The lowest BCUT2D eigenvalue weighted by atomic mass is 10.2. The Hall–Kier alpha value is -1.83. The molecule has 0 aliphatic rings. The summed E-state index contributed by atoms with van der Waals surface area (Å²) in [5.41, 5.74) is 0. The summed E-state index contributed by atoms with van der Waals surface area (Å²) in [5.74, 6) is -1.46. The first-order valence-electron chi connectivity index (χ1n) is 7.12. The van der Waals surface area contributed by atoms with E-state index in [-0.39, 0.29) is 19.3 Å². The Morgan fingerprint density at radius 3 is 2.14 bits per heavy atom. The fourth-order valence-corrected chi connectivity index (χ4v) is 1.67. The standard InChI is InChI=1S/C14H25NO7/c1-6-13(18)20-10(2)21-14(19)22-11(7-8-12(16)17)9-15(3,4)5/h10-11H,6-9H2,1-5H3/p+1. The maximum atomic E-state index is 11.7. The largest absolute Gasteiger partial charge is 0.511 e. The summed E-state index contributed by atoms with van der Waals surface area (Å²) in [6, 6.07) is 0. The minimum absolute atomic E-state index is 0.113. The number of hydrogen-bond donors (Lipinski definition) is 1. The number of nitrogens with zero attached hydrogens (tertiary/aromatic N) is 1. The Morgan fingerprint density at radius 2 is 1.68 bits per heavy atom. The lowest BCUT2D eigenvalue weighted by Gasteiger charge is -2.28. The summed E-state index contributed by atoms with van der Waals surface area (Å²) < 4.78 is 15.2. The van der Waals surface area contributed by atoms with E-state index in [9.17, 15) is 14.4 Å². The molecule has 0 saturated carbocycles. The van der Waals surface area contributed by atoms with Crippen molar-refractivity contribution in [3.05, 3.63) is 0 Å². The van der Waals surface area contributed by atoms with Crippen LogP contribution in [0.4, 0.5) is 4.79 Å². The molecule has 2 atom stereocenters. The molecular formula is C14H26NO7+. The molecule has 0 aliphatic carbocycles. The van der Waals surface area contributed by atoms with E-state index < -0.39 is 30.5 Å². The molecule has 128 valence electrons. The molecule has 0 fully saturated rings. The maximum Gasteiger partial charge on any atom is 0.511 e.